The van der Waals surface area contributed by atoms with Crippen molar-refractivity contribution in [1.29, 1.82) is 5.26 Å². The highest BCUT2D eigenvalue weighted by Crippen LogP contribution is 2.34. The van der Waals surface area contributed by atoms with Gasteiger partial charge in [0.2, 0.25) is 0 Å². The van der Waals surface area contributed by atoms with Crippen LogP contribution in [0.1, 0.15) is 25.3 Å². The number of nitrogens with one attached hydrogen (secondary N) is 1. The van der Waals surface area contributed by atoms with E-state index in [1.54, 1.807) is 12.1 Å². The first-order chi connectivity index (χ1) is 7.20. The lowest BCUT2D eigenvalue weighted by Gasteiger charge is -2.14. The van der Waals surface area contributed by atoms with Gasteiger partial charge in [0.15, 0.2) is 0 Å². The molecule has 1 atom stereocenters. The van der Waals surface area contributed by atoms with Gasteiger partial charge in [-0.3, -0.25) is 0 Å². The maximum atomic E-state index is 8.84. The Hall–Kier alpha value is -1.20. The molecule has 0 aromatic heterocycles. The summed E-state index contributed by atoms with van der Waals surface area (Å²) >= 11 is 5.86. The maximum absolute atomic E-state index is 8.84. The predicted molar refractivity (Wildman–Crippen MR) is 62.0 cm³/mol. The maximum Gasteiger partial charge on any atom is 0.101 e. The molecule has 0 amide bonds. The first-order valence-electron chi connectivity index (χ1n) is 5.17. The second kappa shape index (κ2) is 4.12. The first-order valence-corrected chi connectivity index (χ1v) is 5.54. The number of hydrogen-bond donors (Lipinski definition) is 1. The van der Waals surface area contributed by atoms with Crippen LogP contribution >= 0.6 is 11.6 Å². The Morgan fingerprint density at radius 2 is 2.27 bits per heavy atom. The highest BCUT2D eigenvalue weighted by atomic mass is 35.5. The summed E-state index contributed by atoms with van der Waals surface area (Å²) in [4.78, 5) is 0. The molecule has 1 aliphatic rings. The largest absolute Gasteiger partial charge is 0.382 e. The van der Waals surface area contributed by atoms with Crippen molar-refractivity contribution >= 4 is 17.3 Å². The zero-order valence-corrected chi connectivity index (χ0v) is 9.38. The van der Waals surface area contributed by atoms with Crippen LogP contribution in [0.5, 0.6) is 0 Å². The van der Waals surface area contributed by atoms with Crippen LogP contribution in [0.3, 0.4) is 0 Å². The lowest BCUT2D eigenvalue weighted by Crippen LogP contribution is -2.17. The molecule has 3 heteroatoms. The number of halogens is 1. The van der Waals surface area contributed by atoms with Crippen LogP contribution in [0.15, 0.2) is 18.2 Å². The van der Waals surface area contributed by atoms with Crippen LogP contribution in [0.25, 0.3) is 0 Å². The van der Waals surface area contributed by atoms with Crippen LogP contribution in [0, 0.1) is 17.2 Å². The molecular formula is C12H13ClN2. The van der Waals surface area contributed by atoms with Gasteiger partial charge < -0.3 is 5.32 Å². The van der Waals surface area contributed by atoms with Crippen molar-refractivity contribution in [2.45, 2.75) is 25.8 Å². The van der Waals surface area contributed by atoms with Crippen LogP contribution in [0.4, 0.5) is 5.69 Å². The Morgan fingerprint density at radius 1 is 1.53 bits per heavy atom. The second-order valence-electron chi connectivity index (χ2n) is 4.08. The summed E-state index contributed by atoms with van der Waals surface area (Å²) in [5, 5.41) is 12.7. The monoisotopic (exact) mass is 220 g/mol. The van der Waals surface area contributed by atoms with E-state index in [9.17, 15) is 0 Å². The third kappa shape index (κ3) is 2.43. The van der Waals surface area contributed by atoms with Crippen LogP contribution in [0.2, 0.25) is 5.02 Å². The molecular weight excluding hydrogens is 208 g/mol. The van der Waals surface area contributed by atoms with Gasteiger partial charge in [-0.15, -0.1) is 0 Å². The molecule has 1 aromatic rings. The number of hydrogen-bond acceptors (Lipinski definition) is 2. The lowest BCUT2D eigenvalue weighted by molar-refractivity contribution is 0.694. The number of benzene rings is 1. The number of nitriles is 1. The van der Waals surface area contributed by atoms with E-state index in [2.05, 4.69) is 18.3 Å². The topological polar surface area (TPSA) is 35.8 Å². The quantitative estimate of drug-likeness (QED) is 0.847. The van der Waals surface area contributed by atoms with Gasteiger partial charge in [0.25, 0.3) is 0 Å². The van der Waals surface area contributed by atoms with Gasteiger partial charge in [-0.1, -0.05) is 11.6 Å². The molecule has 1 aliphatic carbocycles. The molecule has 2 rings (SSSR count). The number of anilines is 1. The summed E-state index contributed by atoms with van der Waals surface area (Å²) < 4.78 is 0. The average molecular weight is 221 g/mol. The van der Waals surface area contributed by atoms with Crippen LogP contribution in [-0.2, 0) is 0 Å². The Morgan fingerprint density at radius 3 is 2.87 bits per heavy atom. The lowest BCUT2D eigenvalue weighted by atomic mass is 10.1. The molecule has 0 aliphatic heterocycles. The van der Waals surface area contributed by atoms with E-state index in [0.717, 1.165) is 11.6 Å². The van der Waals surface area contributed by atoms with E-state index in [-0.39, 0.29) is 0 Å². The molecule has 78 valence electrons. The highest BCUT2D eigenvalue weighted by molar-refractivity contribution is 6.31. The van der Waals surface area contributed by atoms with E-state index in [1.165, 1.54) is 12.8 Å². The fourth-order valence-corrected chi connectivity index (χ4v) is 1.84. The summed E-state index contributed by atoms with van der Waals surface area (Å²) in [6.07, 6.45) is 2.62. The third-order valence-electron chi connectivity index (χ3n) is 2.81. The van der Waals surface area contributed by atoms with Crippen molar-refractivity contribution in [3.8, 4) is 6.07 Å². The van der Waals surface area contributed by atoms with Crippen molar-refractivity contribution < 1.29 is 0 Å². The molecule has 15 heavy (non-hydrogen) atoms. The van der Waals surface area contributed by atoms with E-state index >= 15 is 0 Å². The summed E-state index contributed by atoms with van der Waals surface area (Å²) in [6.45, 7) is 2.18. The standard InChI is InChI=1S/C12H13ClN2/c1-8(9-2-3-9)15-11-4-5-12(13)10(6-11)7-14/h4-6,8-9,15H,2-3H2,1H3. The van der Waals surface area contributed by atoms with Crippen molar-refractivity contribution in [3.63, 3.8) is 0 Å². The van der Waals surface area contributed by atoms with Crippen molar-refractivity contribution in [2.24, 2.45) is 5.92 Å². The van der Waals surface area contributed by atoms with E-state index in [0.29, 0.717) is 16.6 Å². The smallest absolute Gasteiger partial charge is 0.101 e. The normalized spacial score (nSPS) is 16.9. The minimum absolute atomic E-state index is 0.484. The predicted octanol–water partition coefficient (Wildman–Crippen LogP) is 3.42. The van der Waals surface area contributed by atoms with Gasteiger partial charge in [0, 0.05) is 11.7 Å². The molecule has 0 bridgehead atoms. The number of nitrogens with zero attached hydrogens (tertiary/aromatic N) is 1. The molecule has 1 fully saturated rings. The van der Waals surface area contributed by atoms with Gasteiger partial charge in [0.1, 0.15) is 6.07 Å². The summed E-state index contributed by atoms with van der Waals surface area (Å²) in [6, 6.07) is 8.06. The fraction of sp³-hybridized carbons (Fsp3) is 0.417. The van der Waals surface area contributed by atoms with Crippen molar-refractivity contribution in [2.75, 3.05) is 5.32 Å². The Bertz CT molecular complexity index is 405. The van der Waals surface area contributed by atoms with E-state index in [4.69, 9.17) is 16.9 Å². The third-order valence-corrected chi connectivity index (χ3v) is 3.14. The molecule has 1 N–H and O–H groups in total. The Balaban J connectivity index is 2.11. The second-order valence-corrected chi connectivity index (χ2v) is 4.48. The molecule has 1 saturated carbocycles. The number of rotatable bonds is 3. The minimum atomic E-state index is 0.484. The molecule has 0 spiro atoms. The van der Waals surface area contributed by atoms with Crippen LogP contribution < -0.4 is 5.32 Å². The van der Waals surface area contributed by atoms with E-state index in [1.807, 2.05) is 6.07 Å². The van der Waals surface area contributed by atoms with Crippen LogP contribution in [-0.4, -0.2) is 6.04 Å². The van der Waals surface area contributed by atoms with Crippen molar-refractivity contribution in [1.82, 2.24) is 0 Å². The molecule has 1 aromatic carbocycles. The SMILES string of the molecule is CC(Nc1ccc(Cl)c(C#N)c1)C1CC1. The molecule has 1 unspecified atom stereocenters. The molecule has 0 heterocycles. The first kappa shape index (κ1) is 10.3. The van der Waals surface area contributed by atoms with Gasteiger partial charge in [-0.2, -0.15) is 5.26 Å². The fourth-order valence-electron chi connectivity index (χ4n) is 1.68. The van der Waals surface area contributed by atoms with Gasteiger partial charge in [0.05, 0.1) is 10.6 Å². The zero-order valence-electron chi connectivity index (χ0n) is 8.63. The van der Waals surface area contributed by atoms with Gasteiger partial charge in [-0.05, 0) is 43.9 Å². The summed E-state index contributed by atoms with van der Waals surface area (Å²) in [5.74, 6) is 0.797. The Labute approximate surface area is 94.9 Å². The Kier molecular flexibility index (Phi) is 2.83. The average Bonchev–Trinajstić information content (AvgIpc) is 3.04. The van der Waals surface area contributed by atoms with E-state index < -0.39 is 0 Å². The van der Waals surface area contributed by atoms with Crippen molar-refractivity contribution in [3.05, 3.63) is 28.8 Å². The summed E-state index contributed by atoms with van der Waals surface area (Å²) in [7, 11) is 0. The highest BCUT2D eigenvalue weighted by Gasteiger charge is 2.27. The molecule has 0 saturated heterocycles. The summed E-state index contributed by atoms with van der Waals surface area (Å²) in [5.41, 5.74) is 1.51. The van der Waals surface area contributed by atoms with Gasteiger partial charge >= 0.3 is 0 Å². The minimum Gasteiger partial charge on any atom is -0.382 e. The van der Waals surface area contributed by atoms with Gasteiger partial charge in [-0.25, -0.2) is 0 Å². The zero-order chi connectivity index (χ0) is 10.8. The molecule has 0 radical (unpaired) electrons. The molecule has 2 nitrogen and oxygen atoms in total.